The molecule has 0 unspecified atom stereocenters. The molecule has 3 rings (SSSR count). The summed E-state index contributed by atoms with van der Waals surface area (Å²) in [4.78, 5) is 18.2. The van der Waals surface area contributed by atoms with Crippen LogP contribution in [0.15, 0.2) is 22.7 Å². The molecule has 1 amide bonds. The van der Waals surface area contributed by atoms with Crippen LogP contribution < -0.4 is 5.32 Å². The molecule has 1 aromatic heterocycles. The van der Waals surface area contributed by atoms with Crippen molar-refractivity contribution in [1.29, 1.82) is 0 Å². The van der Waals surface area contributed by atoms with E-state index in [1.54, 1.807) is 11.8 Å². The first-order valence-electron chi connectivity index (χ1n) is 8.43. The van der Waals surface area contributed by atoms with Crippen molar-refractivity contribution in [2.45, 2.75) is 52.8 Å². The standard InChI is InChI=1S/C18H24N4O3/c1-12-20-16(25-21-12)10-19-15-6-5-13-7-8-22(11-14(13)9-15)17(23)24-18(2,3)4/h5-6,9,19H,7-8,10-11H2,1-4H3. The Hall–Kier alpha value is -2.57. The summed E-state index contributed by atoms with van der Waals surface area (Å²) < 4.78 is 10.6. The molecule has 0 fully saturated rings. The van der Waals surface area contributed by atoms with Gasteiger partial charge in [-0.25, -0.2) is 4.79 Å². The highest BCUT2D eigenvalue weighted by Crippen LogP contribution is 2.24. The molecule has 7 heteroatoms. The first-order chi connectivity index (χ1) is 11.8. The molecule has 1 aliphatic heterocycles. The van der Waals surface area contributed by atoms with Crippen LogP contribution in [0, 0.1) is 6.92 Å². The largest absolute Gasteiger partial charge is 0.444 e. The highest BCUT2D eigenvalue weighted by molar-refractivity contribution is 5.69. The summed E-state index contributed by atoms with van der Waals surface area (Å²) in [6.45, 7) is 9.13. The normalized spacial score (nSPS) is 14.2. The zero-order valence-corrected chi connectivity index (χ0v) is 15.1. The van der Waals surface area contributed by atoms with Crippen LogP contribution in [0.3, 0.4) is 0 Å². The molecule has 0 saturated carbocycles. The first kappa shape index (κ1) is 17.3. The van der Waals surface area contributed by atoms with Gasteiger partial charge in [0, 0.05) is 18.8 Å². The van der Waals surface area contributed by atoms with Crippen molar-refractivity contribution in [3.8, 4) is 0 Å². The molecule has 0 radical (unpaired) electrons. The summed E-state index contributed by atoms with van der Waals surface area (Å²) in [6.07, 6.45) is 0.565. The number of ether oxygens (including phenoxy) is 1. The lowest BCUT2D eigenvalue weighted by molar-refractivity contribution is 0.0224. The van der Waals surface area contributed by atoms with Gasteiger partial charge in [0.15, 0.2) is 5.82 Å². The number of rotatable bonds is 3. The minimum absolute atomic E-state index is 0.266. The Morgan fingerprint density at radius 3 is 2.84 bits per heavy atom. The van der Waals surface area contributed by atoms with Crippen molar-refractivity contribution in [1.82, 2.24) is 15.0 Å². The predicted octanol–water partition coefficient (Wildman–Crippen LogP) is 3.28. The third kappa shape index (κ3) is 4.49. The molecular weight excluding hydrogens is 320 g/mol. The zero-order valence-electron chi connectivity index (χ0n) is 15.1. The predicted molar refractivity (Wildman–Crippen MR) is 93.2 cm³/mol. The number of nitrogens with zero attached hydrogens (tertiary/aromatic N) is 3. The molecule has 0 bridgehead atoms. The Morgan fingerprint density at radius 2 is 2.16 bits per heavy atom. The lowest BCUT2D eigenvalue weighted by atomic mass is 9.99. The summed E-state index contributed by atoms with van der Waals surface area (Å²) in [7, 11) is 0. The number of carbonyl (C=O) groups excluding carboxylic acids is 1. The van der Waals surface area contributed by atoms with Crippen LogP contribution in [0.25, 0.3) is 0 Å². The topological polar surface area (TPSA) is 80.5 Å². The highest BCUT2D eigenvalue weighted by Gasteiger charge is 2.25. The average Bonchev–Trinajstić information content (AvgIpc) is 2.96. The van der Waals surface area contributed by atoms with Crippen molar-refractivity contribution in [3.63, 3.8) is 0 Å². The maximum Gasteiger partial charge on any atom is 0.410 e. The van der Waals surface area contributed by atoms with Crippen LogP contribution in [0.4, 0.5) is 10.5 Å². The van der Waals surface area contributed by atoms with Crippen molar-refractivity contribution in [2.75, 3.05) is 11.9 Å². The van der Waals surface area contributed by atoms with E-state index in [1.807, 2.05) is 26.8 Å². The monoisotopic (exact) mass is 344 g/mol. The van der Waals surface area contributed by atoms with Crippen molar-refractivity contribution < 1.29 is 14.1 Å². The van der Waals surface area contributed by atoms with Crippen LogP contribution in [0.1, 0.15) is 43.6 Å². The van der Waals surface area contributed by atoms with Gasteiger partial charge in [-0.2, -0.15) is 4.98 Å². The van der Waals surface area contributed by atoms with Gasteiger partial charge < -0.3 is 19.5 Å². The Morgan fingerprint density at radius 1 is 1.36 bits per heavy atom. The van der Waals surface area contributed by atoms with Gasteiger partial charge >= 0.3 is 6.09 Å². The minimum atomic E-state index is -0.483. The summed E-state index contributed by atoms with van der Waals surface area (Å²) in [6, 6.07) is 6.20. The summed E-state index contributed by atoms with van der Waals surface area (Å²) in [5, 5.41) is 7.05. The highest BCUT2D eigenvalue weighted by atomic mass is 16.6. The van der Waals surface area contributed by atoms with Crippen molar-refractivity contribution in [3.05, 3.63) is 41.0 Å². The second kappa shape index (κ2) is 6.74. The van der Waals surface area contributed by atoms with E-state index in [-0.39, 0.29) is 6.09 Å². The fourth-order valence-electron chi connectivity index (χ4n) is 2.74. The first-order valence-corrected chi connectivity index (χ1v) is 8.43. The molecule has 0 spiro atoms. The fraction of sp³-hybridized carbons (Fsp3) is 0.500. The van der Waals surface area contributed by atoms with E-state index in [9.17, 15) is 4.79 Å². The van der Waals surface area contributed by atoms with E-state index < -0.39 is 5.60 Å². The van der Waals surface area contributed by atoms with Gasteiger partial charge in [0.05, 0.1) is 6.54 Å². The number of hydrogen-bond acceptors (Lipinski definition) is 6. The quantitative estimate of drug-likeness (QED) is 0.920. The Balaban J connectivity index is 1.65. The van der Waals surface area contributed by atoms with Crippen LogP contribution in [-0.2, 0) is 24.2 Å². The Bertz CT molecular complexity index is 764. The van der Waals surface area contributed by atoms with Gasteiger partial charge in [0.1, 0.15) is 5.60 Å². The summed E-state index contributed by atoms with van der Waals surface area (Å²) in [5.74, 6) is 1.17. The molecule has 7 nitrogen and oxygen atoms in total. The lowest BCUT2D eigenvalue weighted by Crippen LogP contribution is -2.39. The maximum atomic E-state index is 12.3. The number of aromatic nitrogens is 2. The van der Waals surface area contributed by atoms with Crippen LogP contribution in [0.2, 0.25) is 0 Å². The molecule has 0 atom stereocenters. The SMILES string of the molecule is Cc1noc(CNc2ccc3c(c2)CN(C(=O)OC(C)(C)C)CC3)n1. The summed E-state index contributed by atoms with van der Waals surface area (Å²) in [5.41, 5.74) is 2.87. The fourth-order valence-corrected chi connectivity index (χ4v) is 2.74. The van der Waals surface area contributed by atoms with Gasteiger partial charge in [-0.15, -0.1) is 0 Å². The lowest BCUT2D eigenvalue weighted by Gasteiger charge is -2.31. The number of benzene rings is 1. The van der Waals surface area contributed by atoms with E-state index in [2.05, 4.69) is 27.6 Å². The van der Waals surface area contributed by atoms with E-state index in [4.69, 9.17) is 9.26 Å². The molecular formula is C18H24N4O3. The number of aryl methyl sites for hydroxylation is 1. The third-order valence-electron chi connectivity index (χ3n) is 3.88. The smallest absolute Gasteiger partial charge is 0.410 e. The molecule has 25 heavy (non-hydrogen) atoms. The molecule has 2 aromatic rings. The van der Waals surface area contributed by atoms with E-state index >= 15 is 0 Å². The zero-order chi connectivity index (χ0) is 18.0. The summed E-state index contributed by atoms with van der Waals surface area (Å²) >= 11 is 0. The van der Waals surface area contributed by atoms with Crippen LogP contribution in [-0.4, -0.2) is 33.3 Å². The van der Waals surface area contributed by atoms with E-state index in [1.165, 1.54) is 5.56 Å². The van der Waals surface area contributed by atoms with Gasteiger partial charge in [-0.05, 0) is 57.4 Å². The van der Waals surface area contributed by atoms with Gasteiger partial charge in [0.2, 0.25) is 5.89 Å². The van der Waals surface area contributed by atoms with E-state index in [0.717, 1.165) is 17.7 Å². The number of anilines is 1. The number of hydrogen-bond donors (Lipinski definition) is 1. The number of nitrogens with one attached hydrogen (secondary N) is 1. The molecule has 0 saturated heterocycles. The number of carbonyl (C=O) groups is 1. The maximum absolute atomic E-state index is 12.3. The van der Waals surface area contributed by atoms with Crippen LogP contribution in [0.5, 0.6) is 0 Å². The van der Waals surface area contributed by atoms with Gasteiger partial charge in [-0.1, -0.05) is 11.2 Å². The van der Waals surface area contributed by atoms with Gasteiger partial charge in [-0.3, -0.25) is 0 Å². The number of fused-ring (bicyclic) bond motifs is 1. The van der Waals surface area contributed by atoms with Crippen molar-refractivity contribution in [2.24, 2.45) is 0 Å². The molecule has 0 aliphatic carbocycles. The average molecular weight is 344 g/mol. The Labute approximate surface area is 147 Å². The molecule has 1 aromatic carbocycles. The second-order valence-electron chi connectivity index (χ2n) is 7.22. The van der Waals surface area contributed by atoms with Gasteiger partial charge in [0.25, 0.3) is 0 Å². The molecule has 134 valence electrons. The Kier molecular flexibility index (Phi) is 4.65. The number of amides is 1. The van der Waals surface area contributed by atoms with Crippen LogP contribution >= 0.6 is 0 Å². The molecule has 2 heterocycles. The van der Waals surface area contributed by atoms with Crippen molar-refractivity contribution >= 4 is 11.8 Å². The van der Waals surface area contributed by atoms with E-state index in [0.29, 0.717) is 31.3 Å². The minimum Gasteiger partial charge on any atom is -0.444 e. The third-order valence-corrected chi connectivity index (χ3v) is 3.88. The second-order valence-corrected chi connectivity index (χ2v) is 7.22. The molecule has 1 N–H and O–H groups in total. The molecule has 1 aliphatic rings.